The van der Waals surface area contributed by atoms with Gasteiger partial charge in [0.15, 0.2) is 11.5 Å². The Morgan fingerprint density at radius 1 is 1.26 bits per heavy atom. The molecule has 12 heteroatoms. The number of nitrogens with one attached hydrogen (secondary N) is 1. The molecule has 27 heavy (non-hydrogen) atoms. The number of aromatic nitrogens is 2. The molecule has 0 radical (unpaired) electrons. The number of nitrogens with zero attached hydrogens (tertiary/aromatic N) is 3. The van der Waals surface area contributed by atoms with E-state index in [9.17, 15) is 14.9 Å². The van der Waals surface area contributed by atoms with E-state index in [0.717, 1.165) is 6.07 Å². The van der Waals surface area contributed by atoms with Crippen LogP contribution in [0, 0.1) is 10.1 Å². The number of nitro benzene ring substituents is 1. The third-order valence-corrected chi connectivity index (χ3v) is 4.19. The molecule has 1 N–H and O–H groups in total. The van der Waals surface area contributed by atoms with Gasteiger partial charge in [0.2, 0.25) is 5.13 Å². The largest absolute Gasteiger partial charge is 0.493 e. The molecule has 148 valence electrons. The highest BCUT2D eigenvalue weighted by molar-refractivity contribution is 7.15. The monoisotopic (exact) mass is 418 g/mol. The van der Waals surface area contributed by atoms with E-state index in [4.69, 9.17) is 14.2 Å². The Labute approximate surface area is 165 Å². The Morgan fingerprint density at radius 3 is 2.52 bits per heavy atom. The highest BCUT2D eigenvalue weighted by atomic mass is 35.5. The lowest BCUT2D eigenvalue weighted by atomic mass is 10.1. The summed E-state index contributed by atoms with van der Waals surface area (Å²) in [6, 6.07) is 2.39. The highest BCUT2D eigenvalue weighted by Crippen LogP contribution is 2.35. The third-order valence-electron chi connectivity index (χ3n) is 3.29. The molecule has 0 aliphatic heterocycles. The molecule has 0 spiro atoms. The molecule has 10 nitrogen and oxygen atoms in total. The second-order valence-corrected chi connectivity index (χ2v) is 5.95. The Balaban J connectivity index is 0.00000364. The second kappa shape index (κ2) is 10.6. The van der Waals surface area contributed by atoms with Gasteiger partial charge in [0, 0.05) is 19.1 Å². The van der Waals surface area contributed by atoms with Gasteiger partial charge in [-0.05, 0) is 6.92 Å². The molecular formula is C15H19ClN4O6S. The summed E-state index contributed by atoms with van der Waals surface area (Å²) in [5.74, 6) is -0.326. The van der Waals surface area contributed by atoms with Crippen LogP contribution in [0.15, 0.2) is 12.1 Å². The fourth-order valence-corrected chi connectivity index (χ4v) is 2.79. The van der Waals surface area contributed by atoms with Crippen LogP contribution in [0.3, 0.4) is 0 Å². The fraction of sp³-hybridized carbons (Fsp3) is 0.400. The van der Waals surface area contributed by atoms with E-state index in [1.165, 1.54) is 31.6 Å². The molecule has 1 aromatic carbocycles. The quantitative estimate of drug-likeness (QED) is 0.374. The molecule has 1 heterocycles. The highest BCUT2D eigenvalue weighted by Gasteiger charge is 2.25. The average molecular weight is 419 g/mol. The van der Waals surface area contributed by atoms with Gasteiger partial charge in [-0.3, -0.25) is 20.2 Å². The predicted octanol–water partition coefficient (Wildman–Crippen LogP) is 2.72. The number of nitro groups is 1. The molecule has 0 aliphatic carbocycles. The average Bonchev–Trinajstić information content (AvgIpc) is 3.07. The van der Waals surface area contributed by atoms with Crippen molar-refractivity contribution in [2.24, 2.45) is 0 Å². The van der Waals surface area contributed by atoms with Gasteiger partial charge in [-0.2, -0.15) is 0 Å². The number of benzene rings is 1. The third kappa shape index (κ3) is 5.74. The number of hydrogen-bond acceptors (Lipinski definition) is 9. The van der Waals surface area contributed by atoms with E-state index in [-0.39, 0.29) is 34.6 Å². The van der Waals surface area contributed by atoms with Crippen molar-refractivity contribution in [1.29, 1.82) is 0 Å². The summed E-state index contributed by atoms with van der Waals surface area (Å²) in [5, 5.41) is 22.6. The number of amides is 1. The van der Waals surface area contributed by atoms with Crippen LogP contribution >= 0.6 is 23.7 Å². The maximum absolute atomic E-state index is 12.5. The first kappa shape index (κ1) is 22.5. The van der Waals surface area contributed by atoms with E-state index >= 15 is 0 Å². The predicted molar refractivity (Wildman–Crippen MR) is 102 cm³/mol. The van der Waals surface area contributed by atoms with Crippen molar-refractivity contribution >= 4 is 40.5 Å². The second-order valence-electron chi connectivity index (χ2n) is 4.88. The van der Waals surface area contributed by atoms with E-state index in [2.05, 4.69) is 15.5 Å². The van der Waals surface area contributed by atoms with Crippen molar-refractivity contribution in [2.75, 3.05) is 32.8 Å². The molecule has 0 saturated carbocycles. The molecule has 0 saturated heterocycles. The minimum Gasteiger partial charge on any atom is -0.493 e. The molecule has 2 aromatic rings. The molecule has 0 bridgehead atoms. The molecule has 0 aliphatic rings. The van der Waals surface area contributed by atoms with Gasteiger partial charge in [-0.15, -0.1) is 22.6 Å². The summed E-state index contributed by atoms with van der Waals surface area (Å²) in [6.45, 7) is 2.99. The number of hydrogen-bond donors (Lipinski definition) is 1. The topological polar surface area (TPSA) is 126 Å². The van der Waals surface area contributed by atoms with E-state index in [1.807, 2.05) is 6.92 Å². The Kier molecular flexibility index (Phi) is 8.85. The number of carbonyl (C=O) groups excluding carboxylic acids is 1. The van der Waals surface area contributed by atoms with Crippen LogP contribution in [-0.2, 0) is 11.2 Å². The van der Waals surface area contributed by atoms with Crippen LogP contribution in [0.4, 0.5) is 10.8 Å². The van der Waals surface area contributed by atoms with Gasteiger partial charge < -0.3 is 14.2 Å². The van der Waals surface area contributed by atoms with Gasteiger partial charge in [0.05, 0.1) is 31.8 Å². The van der Waals surface area contributed by atoms with Crippen molar-refractivity contribution in [3.63, 3.8) is 0 Å². The first-order valence-corrected chi connectivity index (χ1v) is 8.43. The summed E-state index contributed by atoms with van der Waals surface area (Å²) < 4.78 is 15.4. The first-order chi connectivity index (χ1) is 12.5. The number of ether oxygens (including phenoxy) is 3. The van der Waals surface area contributed by atoms with Gasteiger partial charge in [0.25, 0.3) is 11.6 Å². The summed E-state index contributed by atoms with van der Waals surface area (Å²) in [4.78, 5) is 23.1. The van der Waals surface area contributed by atoms with Crippen LogP contribution in [-0.4, -0.2) is 48.5 Å². The van der Waals surface area contributed by atoms with Crippen LogP contribution < -0.4 is 14.8 Å². The molecule has 0 unspecified atom stereocenters. The van der Waals surface area contributed by atoms with Crippen molar-refractivity contribution < 1.29 is 23.9 Å². The standard InChI is InChI=1S/C15H18N4O6S.ClH/c1-4-25-6-5-13-17-18-15(26-13)16-14(20)9-7-11(23-2)12(24-3)8-10(9)19(21)22;/h7-8H,4-6H2,1-3H3,(H,16,18,20);1H. The number of anilines is 1. The van der Waals surface area contributed by atoms with Crippen molar-refractivity contribution in [2.45, 2.75) is 13.3 Å². The molecule has 1 amide bonds. The zero-order valence-electron chi connectivity index (χ0n) is 14.9. The molecule has 2 rings (SSSR count). The van der Waals surface area contributed by atoms with Gasteiger partial charge in [-0.1, -0.05) is 11.3 Å². The maximum Gasteiger partial charge on any atom is 0.286 e. The Hall–Kier alpha value is -2.50. The van der Waals surface area contributed by atoms with Crippen molar-refractivity contribution in [1.82, 2.24) is 10.2 Å². The minimum absolute atomic E-state index is 0. The molecule has 1 aromatic heterocycles. The summed E-state index contributed by atoms with van der Waals surface area (Å²) >= 11 is 1.18. The fourth-order valence-electron chi connectivity index (χ4n) is 2.07. The van der Waals surface area contributed by atoms with E-state index in [0.29, 0.717) is 24.6 Å². The lowest BCUT2D eigenvalue weighted by Gasteiger charge is -2.10. The van der Waals surface area contributed by atoms with Crippen LogP contribution in [0.1, 0.15) is 22.3 Å². The van der Waals surface area contributed by atoms with Crippen molar-refractivity contribution in [3.05, 3.63) is 32.8 Å². The summed E-state index contributed by atoms with van der Waals surface area (Å²) in [7, 11) is 2.73. The Bertz CT molecular complexity index is 801. The SMILES string of the molecule is CCOCCc1nnc(NC(=O)c2cc(OC)c(OC)cc2[N+](=O)[O-])s1.Cl. The number of rotatable bonds is 9. The number of methoxy groups -OCH3 is 2. The molecular weight excluding hydrogens is 400 g/mol. The van der Waals surface area contributed by atoms with E-state index < -0.39 is 16.5 Å². The first-order valence-electron chi connectivity index (χ1n) is 7.62. The van der Waals surface area contributed by atoms with E-state index in [1.54, 1.807) is 0 Å². The maximum atomic E-state index is 12.5. The molecule has 0 atom stereocenters. The van der Waals surface area contributed by atoms with Crippen LogP contribution in [0.5, 0.6) is 11.5 Å². The smallest absolute Gasteiger partial charge is 0.286 e. The van der Waals surface area contributed by atoms with Crippen molar-refractivity contribution in [3.8, 4) is 11.5 Å². The normalized spacial score (nSPS) is 10.0. The Morgan fingerprint density at radius 2 is 1.93 bits per heavy atom. The van der Waals surface area contributed by atoms with Gasteiger partial charge in [-0.25, -0.2) is 0 Å². The number of carbonyl (C=O) groups is 1. The van der Waals surface area contributed by atoms with Crippen LogP contribution in [0.2, 0.25) is 0 Å². The molecule has 0 fully saturated rings. The lowest BCUT2D eigenvalue weighted by molar-refractivity contribution is -0.385. The zero-order valence-corrected chi connectivity index (χ0v) is 16.5. The van der Waals surface area contributed by atoms with Crippen LogP contribution in [0.25, 0.3) is 0 Å². The van der Waals surface area contributed by atoms with Gasteiger partial charge in [0.1, 0.15) is 10.6 Å². The summed E-state index contributed by atoms with van der Waals surface area (Å²) in [6.07, 6.45) is 0.567. The van der Waals surface area contributed by atoms with Gasteiger partial charge >= 0.3 is 0 Å². The lowest BCUT2D eigenvalue weighted by Crippen LogP contribution is -2.14. The summed E-state index contributed by atoms with van der Waals surface area (Å²) in [5.41, 5.74) is -0.569. The zero-order chi connectivity index (χ0) is 19.1. The number of halogens is 1. The minimum atomic E-state index is -0.690.